The van der Waals surface area contributed by atoms with Gasteiger partial charge in [0.25, 0.3) is 0 Å². The number of hydrogen-bond donors (Lipinski definition) is 2. The molecule has 1 saturated heterocycles. The van der Waals surface area contributed by atoms with Gasteiger partial charge in [-0.3, -0.25) is 9.59 Å². The molecule has 30 heavy (non-hydrogen) atoms. The van der Waals surface area contributed by atoms with Crippen molar-refractivity contribution in [1.29, 1.82) is 0 Å². The van der Waals surface area contributed by atoms with E-state index in [0.29, 0.717) is 0 Å². The predicted octanol–water partition coefficient (Wildman–Crippen LogP) is 4.73. The third-order valence-corrected chi connectivity index (χ3v) is 6.48. The molecule has 154 valence electrons. The topological polar surface area (TPSA) is 69.6 Å². The fourth-order valence-corrected chi connectivity index (χ4v) is 4.84. The predicted molar refractivity (Wildman–Crippen MR) is 118 cm³/mol. The van der Waals surface area contributed by atoms with Gasteiger partial charge < -0.3 is 15.3 Å². The number of nitrogens with zero attached hydrogens (tertiary/aromatic N) is 1. The van der Waals surface area contributed by atoms with E-state index in [1.807, 2.05) is 61.7 Å². The molecule has 2 amide bonds. The lowest BCUT2D eigenvalue weighted by Crippen LogP contribution is -2.36. The van der Waals surface area contributed by atoms with Crippen LogP contribution in [-0.4, -0.2) is 16.9 Å². The molecule has 2 aromatic carbocycles. The van der Waals surface area contributed by atoms with Crippen LogP contribution in [0.3, 0.4) is 0 Å². The Labute approximate surface area is 180 Å². The van der Waals surface area contributed by atoms with Crippen LogP contribution in [0.5, 0.6) is 5.75 Å². The number of amides is 2. The number of phenolic OH excluding ortho intramolecular Hbond substituents is 1. The lowest BCUT2D eigenvalue weighted by atomic mass is 9.96. The summed E-state index contributed by atoms with van der Waals surface area (Å²) in [7, 11) is 0. The van der Waals surface area contributed by atoms with E-state index >= 15 is 0 Å². The second kappa shape index (κ2) is 8.32. The highest BCUT2D eigenvalue weighted by atomic mass is 32.1. The zero-order valence-corrected chi connectivity index (χ0v) is 17.7. The van der Waals surface area contributed by atoms with Gasteiger partial charge in [0, 0.05) is 17.0 Å². The summed E-state index contributed by atoms with van der Waals surface area (Å²) in [5, 5.41) is 14.7. The number of phenols is 1. The highest BCUT2D eigenvalue weighted by molar-refractivity contribution is 7.10. The Morgan fingerprint density at radius 1 is 1.17 bits per heavy atom. The van der Waals surface area contributed by atoms with E-state index in [1.54, 1.807) is 34.4 Å². The number of thiophene rings is 1. The van der Waals surface area contributed by atoms with Crippen molar-refractivity contribution >= 4 is 28.8 Å². The zero-order chi connectivity index (χ0) is 21.3. The van der Waals surface area contributed by atoms with Crippen LogP contribution in [0.1, 0.15) is 41.4 Å². The van der Waals surface area contributed by atoms with Crippen molar-refractivity contribution < 1.29 is 14.7 Å². The van der Waals surface area contributed by atoms with Crippen LogP contribution >= 0.6 is 11.3 Å². The maximum atomic E-state index is 13.2. The van der Waals surface area contributed by atoms with Gasteiger partial charge >= 0.3 is 0 Å². The van der Waals surface area contributed by atoms with Gasteiger partial charge in [0.2, 0.25) is 11.8 Å². The van der Waals surface area contributed by atoms with E-state index in [2.05, 4.69) is 5.32 Å². The number of aromatic hydroxyl groups is 1. The standard InChI is InChI=1S/C24H24N2O3S/c1-15-8-10-18(11-9-15)26-22(28)14-20(23(26)21-7-4-12-30-21)24(29)25-16(2)17-5-3-6-19(27)13-17/h3-13,16,20,23,27H,14H2,1-2H3,(H,25,29). The van der Waals surface area contributed by atoms with Crippen molar-refractivity contribution in [2.24, 2.45) is 5.92 Å². The summed E-state index contributed by atoms with van der Waals surface area (Å²) in [4.78, 5) is 29.0. The lowest BCUT2D eigenvalue weighted by molar-refractivity contribution is -0.127. The molecule has 3 aromatic rings. The highest BCUT2D eigenvalue weighted by Crippen LogP contribution is 2.43. The normalized spacial score (nSPS) is 19.7. The number of benzene rings is 2. The van der Waals surface area contributed by atoms with Gasteiger partial charge in [0.1, 0.15) is 5.75 Å². The van der Waals surface area contributed by atoms with Gasteiger partial charge in [-0.05, 0) is 55.1 Å². The number of carbonyl (C=O) groups excluding carboxylic acids is 2. The van der Waals surface area contributed by atoms with Gasteiger partial charge in [-0.25, -0.2) is 0 Å². The van der Waals surface area contributed by atoms with E-state index in [1.165, 1.54) is 0 Å². The molecule has 2 heterocycles. The Kier molecular flexibility index (Phi) is 5.59. The van der Waals surface area contributed by atoms with Crippen LogP contribution in [-0.2, 0) is 9.59 Å². The fourth-order valence-electron chi connectivity index (χ4n) is 3.96. The number of carbonyl (C=O) groups is 2. The van der Waals surface area contributed by atoms with Crippen molar-refractivity contribution in [1.82, 2.24) is 5.32 Å². The molecule has 0 spiro atoms. The molecule has 5 nitrogen and oxygen atoms in total. The number of rotatable bonds is 5. The molecule has 0 radical (unpaired) electrons. The number of anilines is 1. The average Bonchev–Trinajstić information content (AvgIpc) is 3.36. The largest absolute Gasteiger partial charge is 0.508 e. The Hall–Kier alpha value is -3.12. The van der Waals surface area contributed by atoms with Crippen molar-refractivity contribution in [3.63, 3.8) is 0 Å². The SMILES string of the molecule is Cc1ccc(N2C(=O)CC(C(=O)NC(C)c3cccc(O)c3)C2c2cccs2)cc1. The first-order valence-corrected chi connectivity index (χ1v) is 10.8. The lowest BCUT2D eigenvalue weighted by Gasteiger charge is -2.28. The van der Waals surface area contributed by atoms with Gasteiger partial charge in [-0.2, -0.15) is 0 Å². The maximum Gasteiger partial charge on any atom is 0.228 e. The minimum absolute atomic E-state index is 0.0533. The molecule has 1 aromatic heterocycles. The second-order valence-corrected chi connectivity index (χ2v) is 8.67. The number of aryl methyl sites for hydroxylation is 1. The maximum absolute atomic E-state index is 13.2. The molecule has 0 saturated carbocycles. The first-order valence-electron chi connectivity index (χ1n) is 9.95. The third kappa shape index (κ3) is 3.96. The Morgan fingerprint density at radius 2 is 1.93 bits per heavy atom. The van der Waals surface area contributed by atoms with Crippen LogP contribution in [0.2, 0.25) is 0 Å². The molecular formula is C24H24N2O3S. The summed E-state index contributed by atoms with van der Waals surface area (Å²) in [6.45, 7) is 3.88. The van der Waals surface area contributed by atoms with Crippen molar-refractivity contribution in [3.8, 4) is 5.75 Å². The highest BCUT2D eigenvalue weighted by Gasteiger charge is 2.46. The summed E-state index contributed by atoms with van der Waals surface area (Å²) in [5.74, 6) is -0.543. The molecule has 1 aliphatic heterocycles. The monoisotopic (exact) mass is 420 g/mol. The van der Waals surface area contributed by atoms with Crippen molar-refractivity contribution in [3.05, 3.63) is 82.0 Å². The molecule has 2 N–H and O–H groups in total. The minimum Gasteiger partial charge on any atom is -0.508 e. The van der Waals surface area contributed by atoms with Crippen LogP contribution in [0.25, 0.3) is 0 Å². The quantitative estimate of drug-likeness (QED) is 0.627. The number of nitrogens with one attached hydrogen (secondary N) is 1. The Bertz CT molecular complexity index is 1050. The van der Waals surface area contributed by atoms with Crippen LogP contribution in [0, 0.1) is 12.8 Å². The molecule has 1 aliphatic rings. The van der Waals surface area contributed by atoms with Crippen LogP contribution < -0.4 is 10.2 Å². The fraction of sp³-hybridized carbons (Fsp3) is 0.250. The second-order valence-electron chi connectivity index (χ2n) is 7.70. The third-order valence-electron chi connectivity index (χ3n) is 5.54. The molecule has 0 bridgehead atoms. The average molecular weight is 421 g/mol. The van der Waals surface area contributed by atoms with E-state index in [4.69, 9.17) is 0 Å². The summed E-state index contributed by atoms with van der Waals surface area (Å²) in [6.07, 6.45) is 0.162. The van der Waals surface area contributed by atoms with Gasteiger partial charge in [0.15, 0.2) is 0 Å². The molecule has 0 aliphatic carbocycles. The first-order chi connectivity index (χ1) is 14.4. The van der Waals surface area contributed by atoms with Crippen LogP contribution in [0.15, 0.2) is 66.0 Å². The van der Waals surface area contributed by atoms with E-state index in [9.17, 15) is 14.7 Å². The Balaban J connectivity index is 1.62. The van der Waals surface area contributed by atoms with Gasteiger partial charge in [-0.15, -0.1) is 11.3 Å². The van der Waals surface area contributed by atoms with Crippen molar-refractivity contribution in [2.45, 2.75) is 32.4 Å². The van der Waals surface area contributed by atoms with E-state index < -0.39 is 5.92 Å². The van der Waals surface area contributed by atoms with Gasteiger partial charge in [0.05, 0.1) is 18.0 Å². The Morgan fingerprint density at radius 3 is 2.60 bits per heavy atom. The first kappa shape index (κ1) is 20.2. The molecule has 6 heteroatoms. The molecule has 3 atom stereocenters. The smallest absolute Gasteiger partial charge is 0.228 e. The molecule has 3 unspecified atom stereocenters. The van der Waals surface area contributed by atoms with Gasteiger partial charge in [-0.1, -0.05) is 35.9 Å². The minimum atomic E-state index is -0.489. The van der Waals surface area contributed by atoms with E-state index in [0.717, 1.165) is 21.7 Å². The summed E-state index contributed by atoms with van der Waals surface area (Å²) in [6, 6.07) is 18.0. The molecule has 4 rings (SSSR count). The molecular weight excluding hydrogens is 396 g/mol. The van der Waals surface area contributed by atoms with E-state index in [-0.39, 0.29) is 36.1 Å². The summed E-state index contributed by atoms with van der Waals surface area (Å²) >= 11 is 1.56. The summed E-state index contributed by atoms with van der Waals surface area (Å²) < 4.78 is 0. The number of hydrogen-bond acceptors (Lipinski definition) is 4. The molecule has 1 fully saturated rings. The summed E-state index contributed by atoms with van der Waals surface area (Å²) in [5.41, 5.74) is 2.74. The van der Waals surface area contributed by atoms with Crippen molar-refractivity contribution in [2.75, 3.05) is 4.90 Å². The zero-order valence-electron chi connectivity index (χ0n) is 16.9. The van der Waals surface area contributed by atoms with Crippen LogP contribution in [0.4, 0.5) is 5.69 Å².